The molecule has 0 radical (unpaired) electrons. The number of benzene rings is 2. The monoisotopic (exact) mass is 539 g/mol. The number of aliphatic imine (C=N–C) groups is 1. The fourth-order valence-corrected chi connectivity index (χ4v) is 3.82. The van der Waals surface area contributed by atoms with Gasteiger partial charge in [0.15, 0.2) is 17.5 Å². The molecule has 3 rings (SSSR count). The maximum Gasteiger partial charge on any atom is 0.194 e. The van der Waals surface area contributed by atoms with Crippen LogP contribution >= 0.6 is 24.0 Å². The molecule has 6 nitrogen and oxygen atoms in total. The van der Waals surface area contributed by atoms with Gasteiger partial charge in [-0.3, -0.25) is 0 Å². The van der Waals surface area contributed by atoms with E-state index in [4.69, 9.17) is 19.6 Å². The molecule has 0 amide bonds. The van der Waals surface area contributed by atoms with Crippen LogP contribution in [0.2, 0.25) is 0 Å². The second kappa shape index (κ2) is 13.4. The van der Waals surface area contributed by atoms with E-state index in [-0.39, 0.29) is 37.2 Å². The van der Waals surface area contributed by atoms with Gasteiger partial charge in [0, 0.05) is 19.6 Å². The summed E-state index contributed by atoms with van der Waals surface area (Å²) in [6.07, 6.45) is 2.30. The Balaban J connectivity index is 0.00000341. The summed E-state index contributed by atoms with van der Waals surface area (Å²) in [6.45, 7) is 5.79. The molecule has 1 atom stereocenters. The van der Waals surface area contributed by atoms with E-state index in [9.17, 15) is 0 Å². The van der Waals surface area contributed by atoms with Crippen LogP contribution in [0.1, 0.15) is 24.5 Å². The minimum Gasteiger partial charge on any atom is -0.493 e. The predicted molar refractivity (Wildman–Crippen MR) is 136 cm³/mol. The lowest BCUT2D eigenvalue weighted by Crippen LogP contribution is -2.40. The van der Waals surface area contributed by atoms with Gasteiger partial charge in [-0.05, 0) is 48.9 Å². The first-order valence-corrected chi connectivity index (χ1v) is 10.7. The van der Waals surface area contributed by atoms with Crippen LogP contribution in [0.25, 0.3) is 0 Å². The molecule has 0 aromatic heterocycles. The molecule has 7 heteroatoms. The SMILES string of the molecule is CCNC(=NCc1ccc(OCCO)c(OC)c1)N1CCC(Cc2ccccc2)C1.I. The van der Waals surface area contributed by atoms with Gasteiger partial charge in [0.1, 0.15) is 6.61 Å². The van der Waals surface area contributed by atoms with Crippen LogP contribution in [-0.2, 0) is 13.0 Å². The Kier molecular flexibility index (Phi) is 10.9. The lowest BCUT2D eigenvalue weighted by atomic mass is 9.99. The topological polar surface area (TPSA) is 66.3 Å². The van der Waals surface area contributed by atoms with Crippen LogP contribution in [0.15, 0.2) is 53.5 Å². The second-order valence-corrected chi connectivity index (χ2v) is 7.52. The Morgan fingerprint density at radius 1 is 1.16 bits per heavy atom. The lowest BCUT2D eigenvalue weighted by Gasteiger charge is -2.22. The first-order chi connectivity index (χ1) is 14.7. The molecular formula is C24H34IN3O3. The summed E-state index contributed by atoms with van der Waals surface area (Å²) in [7, 11) is 1.62. The zero-order valence-electron chi connectivity index (χ0n) is 18.4. The van der Waals surface area contributed by atoms with Crippen molar-refractivity contribution < 1.29 is 14.6 Å². The Bertz CT molecular complexity index is 817. The van der Waals surface area contributed by atoms with Crippen molar-refractivity contribution in [2.45, 2.75) is 26.3 Å². The molecular weight excluding hydrogens is 505 g/mol. The van der Waals surface area contributed by atoms with Gasteiger partial charge >= 0.3 is 0 Å². The molecule has 0 saturated carbocycles. The third kappa shape index (κ3) is 7.57. The molecule has 0 spiro atoms. The van der Waals surface area contributed by atoms with Crippen molar-refractivity contribution >= 4 is 29.9 Å². The Morgan fingerprint density at radius 2 is 1.97 bits per heavy atom. The number of nitrogens with zero attached hydrogens (tertiary/aromatic N) is 2. The molecule has 31 heavy (non-hydrogen) atoms. The normalized spacial score (nSPS) is 16.0. The molecule has 2 aromatic carbocycles. The number of methoxy groups -OCH3 is 1. The quantitative estimate of drug-likeness (QED) is 0.289. The van der Waals surface area contributed by atoms with Crippen molar-refractivity contribution in [3.63, 3.8) is 0 Å². The van der Waals surface area contributed by atoms with Crippen molar-refractivity contribution in [1.29, 1.82) is 0 Å². The molecule has 170 valence electrons. The molecule has 1 heterocycles. The summed E-state index contributed by atoms with van der Waals surface area (Å²) in [5, 5.41) is 12.4. The number of likely N-dealkylation sites (tertiary alicyclic amines) is 1. The van der Waals surface area contributed by atoms with Crippen LogP contribution < -0.4 is 14.8 Å². The van der Waals surface area contributed by atoms with Gasteiger partial charge < -0.3 is 24.8 Å². The fraction of sp³-hybridized carbons (Fsp3) is 0.458. The van der Waals surface area contributed by atoms with E-state index in [0.717, 1.165) is 37.6 Å². The van der Waals surface area contributed by atoms with Gasteiger partial charge in [0.25, 0.3) is 0 Å². The lowest BCUT2D eigenvalue weighted by molar-refractivity contribution is 0.196. The van der Waals surface area contributed by atoms with Crippen molar-refractivity contribution in [2.75, 3.05) is 40.0 Å². The number of aliphatic hydroxyl groups excluding tert-OH is 1. The van der Waals surface area contributed by atoms with Gasteiger partial charge in [-0.1, -0.05) is 36.4 Å². The van der Waals surface area contributed by atoms with E-state index in [1.54, 1.807) is 7.11 Å². The smallest absolute Gasteiger partial charge is 0.194 e. The van der Waals surface area contributed by atoms with Gasteiger partial charge in [-0.15, -0.1) is 24.0 Å². The highest BCUT2D eigenvalue weighted by Crippen LogP contribution is 2.28. The number of halogens is 1. The molecule has 1 saturated heterocycles. The number of hydrogen-bond acceptors (Lipinski definition) is 4. The standard InChI is InChI=1S/C24H33N3O3.HI/c1-3-25-24(27-12-11-21(18-27)15-19-7-5-4-6-8-19)26-17-20-9-10-22(30-14-13-28)23(16-20)29-2;/h4-10,16,21,28H,3,11-15,17-18H2,1-2H3,(H,25,26);1H. The highest BCUT2D eigenvalue weighted by Gasteiger charge is 2.25. The van der Waals surface area contributed by atoms with E-state index in [1.165, 1.54) is 12.0 Å². The largest absolute Gasteiger partial charge is 0.493 e. The summed E-state index contributed by atoms with van der Waals surface area (Å²) in [5.74, 6) is 2.91. The molecule has 0 bridgehead atoms. The van der Waals surface area contributed by atoms with Crippen LogP contribution in [-0.4, -0.2) is 55.9 Å². The number of rotatable bonds is 9. The number of aliphatic hydroxyl groups is 1. The molecule has 2 N–H and O–H groups in total. The first-order valence-electron chi connectivity index (χ1n) is 10.7. The molecule has 1 aliphatic heterocycles. The summed E-state index contributed by atoms with van der Waals surface area (Å²) >= 11 is 0. The van der Waals surface area contributed by atoms with E-state index >= 15 is 0 Å². The summed E-state index contributed by atoms with van der Waals surface area (Å²) in [5.41, 5.74) is 2.46. The van der Waals surface area contributed by atoms with Crippen LogP contribution in [0, 0.1) is 5.92 Å². The van der Waals surface area contributed by atoms with Crippen molar-refractivity contribution in [1.82, 2.24) is 10.2 Å². The highest BCUT2D eigenvalue weighted by molar-refractivity contribution is 14.0. The van der Waals surface area contributed by atoms with Gasteiger partial charge in [-0.2, -0.15) is 0 Å². The van der Waals surface area contributed by atoms with Gasteiger partial charge in [-0.25, -0.2) is 4.99 Å². The summed E-state index contributed by atoms with van der Waals surface area (Å²) in [4.78, 5) is 7.24. The molecule has 2 aromatic rings. The van der Waals surface area contributed by atoms with E-state index in [1.807, 2.05) is 18.2 Å². The number of nitrogens with one attached hydrogen (secondary N) is 1. The van der Waals surface area contributed by atoms with Gasteiger partial charge in [0.05, 0.1) is 20.3 Å². The Morgan fingerprint density at radius 3 is 2.68 bits per heavy atom. The molecule has 1 unspecified atom stereocenters. The zero-order valence-corrected chi connectivity index (χ0v) is 20.7. The van der Waals surface area contributed by atoms with Crippen LogP contribution in [0.3, 0.4) is 0 Å². The average Bonchev–Trinajstić information content (AvgIpc) is 3.24. The van der Waals surface area contributed by atoms with Crippen molar-refractivity contribution in [3.8, 4) is 11.5 Å². The minimum atomic E-state index is -0.0254. The third-order valence-corrected chi connectivity index (χ3v) is 5.28. The first kappa shape index (κ1) is 25.3. The third-order valence-electron chi connectivity index (χ3n) is 5.28. The van der Waals surface area contributed by atoms with E-state index < -0.39 is 0 Å². The predicted octanol–water partition coefficient (Wildman–Crippen LogP) is 3.71. The maximum absolute atomic E-state index is 8.95. The van der Waals surface area contributed by atoms with Gasteiger partial charge in [0.2, 0.25) is 0 Å². The van der Waals surface area contributed by atoms with Crippen molar-refractivity contribution in [3.05, 3.63) is 59.7 Å². The highest BCUT2D eigenvalue weighted by atomic mass is 127. The summed E-state index contributed by atoms with van der Waals surface area (Å²) in [6, 6.07) is 16.5. The minimum absolute atomic E-state index is 0. The molecule has 0 aliphatic carbocycles. The number of hydrogen-bond donors (Lipinski definition) is 2. The Hall–Kier alpha value is -2.00. The number of guanidine groups is 1. The van der Waals surface area contributed by atoms with Crippen molar-refractivity contribution in [2.24, 2.45) is 10.9 Å². The maximum atomic E-state index is 8.95. The fourth-order valence-electron chi connectivity index (χ4n) is 3.82. The van der Waals surface area contributed by atoms with E-state index in [2.05, 4.69) is 47.5 Å². The summed E-state index contributed by atoms with van der Waals surface area (Å²) < 4.78 is 10.9. The Labute approximate surface area is 202 Å². The van der Waals surface area contributed by atoms with E-state index in [0.29, 0.717) is 24.0 Å². The average molecular weight is 539 g/mol. The molecule has 1 fully saturated rings. The van der Waals surface area contributed by atoms with Crippen LogP contribution in [0.4, 0.5) is 0 Å². The molecule has 1 aliphatic rings. The van der Waals surface area contributed by atoms with Crippen LogP contribution in [0.5, 0.6) is 11.5 Å². The number of ether oxygens (including phenoxy) is 2. The zero-order chi connectivity index (χ0) is 21.2. The second-order valence-electron chi connectivity index (χ2n) is 7.52.